The monoisotopic (exact) mass is 509 g/mol. The maximum Gasteiger partial charge on any atom is 0.407 e. The second kappa shape index (κ2) is 9.00. The fourth-order valence-corrected chi connectivity index (χ4v) is 5.22. The molecule has 2 aliphatic rings. The van der Waals surface area contributed by atoms with Crippen LogP contribution in [0.4, 0.5) is 9.18 Å². The fourth-order valence-electron chi connectivity index (χ4n) is 5.22. The molecule has 1 aromatic carbocycles. The summed E-state index contributed by atoms with van der Waals surface area (Å²) < 4.78 is 17.7. The topological polar surface area (TPSA) is 109 Å². The van der Waals surface area contributed by atoms with Gasteiger partial charge in [0.15, 0.2) is 5.65 Å². The maximum atomic E-state index is 14.8. The van der Waals surface area contributed by atoms with Gasteiger partial charge in [-0.25, -0.2) is 18.7 Å². The Morgan fingerprint density at radius 2 is 1.89 bits per heavy atom. The van der Waals surface area contributed by atoms with Gasteiger partial charge in [-0.1, -0.05) is 20.8 Å². The number of hydrogen-bond donors (Lipinski definition) is 2. The predicted octanol–water partition coefficient (Wildman–Crippen LogP) is 4.23. The summed E-state index contributed by atoms with van der Waals surface area (Å²) in [6.45, 7) is 7.96. The van der Waals surface area contributed by atoms with E-state index in [1.54, 1.807) is 31.3 Å². The highest BCUT2D eigenvalue weighted by molar-refractivity contribution is 5.96. The number of rotatable bonds is 4. The van der Waals surface area contributed by atoms with Gasteiger partial charge < -0.3 is 15.3 Å². The average Bonchev–Trinajstić information content (AvgIpc) is 3.60. The van der Waals surface area contributed by atoms with Crippen LogP contribution in [0.1, 0.15) is 68.4 Å². The lowest BCUT2D eigenvalue weighted by Crippen LogP contribution is -2.52. The molecule has 0 radical (unpaired) electrons. The number of hydrogen-bond acceptors (Lipinski definition) is 4. The van der Waals surface area contributed by atoms with Crippen LogP contribution in [-0.2, 0) is 0 Å². The minimum absolute atomic E-state index is 0.160. The summed E-state index contributed by atoms with van der Waals surface area (Å²) in [7, 11) is 0. The molecule has 2 unspecified atom stereocenters. The lowest BCUT2D eigenvalue weighted by molar-refractivity contribution is 0.0402. The van der Waals surface area contributed by atoms with Crippen molar-refractivity contribution in [1.29, 1.82) is 0 Å². The van der Waals surface area contributed by atoms with Crippen LogP contribution in [0.3, 0.4) is 0 Å². The first-order chi connectivity index (χ1) is 17.4. The summed E-state index contributed by atoms with van der Waals surface area (Å²) in [5.41, 5.74) is 1.68. The molecule has 0 bridgehead atoms. The predicted molar refractivity (Wildman–Crippen MR) is 136 cm³/mol. The molecule has 37 heavy (non-hydrogen) atoms. The van der Waals surface area contributed by atoms with Crippen LogP contribution in [0.15, 0.2) is 35.3 Å². The second-order valence-electron chi connectivity index (χ2n) is 11.3. The SMILES string of the molecule is Cc1c(F)cc(C(=O)NC2CC2)cc1-c1ccn2c(=O)n(C3CCN(C(=O)O)C(C(C)(C)C)C3)nc2c1. The first kappa shape index (κ1) is 25.0. The van der Waals surface area contributed by atoms with Crippen molar-refractivity contribution in [2.24, 2.45) is 5.41 Å². The molecule has 1 aliphatic heterocycles. The Kier molecular flexibility index (Phi) is 6.08. The van der Waals surface area contributed by atoms with Gasteiger partial charge in [0.05, 0.1) is 6.04 Å². The van der Waals surface area contributed by atoms with Crippen LogP contribution >= 0.6 is 0 Å². The number of carboxylic acid groups (broad SMARTS) is 1. The van der Waals surface area contributed by atoms with Crippen molar-refractivity contribution >= 4 is 17.6 Å². The number of pyridine rings is 1. The molecule has 10 heteroatoms. The molecule has 9 nitrogen and oxygen atoms in total. The zero-order valence-electron chi connectivity index (χ0n) is 21.5. The van der Waals surface area contributed by atoms with E-state index < -0.39 is 11.9 Å². The van der Waals surface area contributed by atoms with Crippen LogP contribution in [0.2, 0.25) is 0 Å². The van der Waals surface area contributed by atoms with E-state index in [9.17, 15) is 23.9 Å². The lowest BCUT2D eigenvalue weighted by Gasteiger charge is -2.44. The second-order valence-corrected chi connectivity index (χ2v) is 11.3. The molecule has 3 aromatic rings. The Morgan fingerprint density at radius 1 is 1.16 bits per heavy atom. The molecule has 3 heterocycles. The number of carbonyl (C=O) groups excluding carboxylic acids is 1. The van der Waals surface area contributed by atoms with Gasteiger partial charge in [0, 0.05) is 30.4 Å². The van der Waals surface area contributed by atoms with Crippen LogP contribution in [0.5, 0.6) is 0 Å². The summed E-state index contributed by atoms with van der Waals surface area (Å²) in [5, 5.41) is 17.1. The van der Waals surface area contributed by atoms with Gasteiger partial charge in [-0.3, -0.25) is 9.20 Å². The van der Waals surface area contributed by atoms with E-state index >= 15 is 0 Å². The average molecular weight is 510 g/mol. The van der Waals surface area contributed by atoms with Gasteiger partial charge >= 0.3 is 11.8 Å². The Balaban J connectivity index is 1.49. The quantitative estimate of drug-likeness (QED) is 0.547. The summed E-state index contributed by atoms with van der Waals surface area (Å²) in [6, 6.07) is 6.02. The Hall–Kier alpha value is -3.69. The Morgan fingerprint density at radius 3 is 2.54 bits per heavy atom. The molecule has 1 aliphatic carbocycles. The normalized spacial score (nSPS) is 20.3. The van der Waals surface area contributed by atoms with Gasteiger partial charge in [-0.15, -0.1) is 5.10 Å². The standard InChI is InChI=1S/C27H32FN5O4/c1-15-20(11-17(12-21(15)28)24(34)29-18-5-6-18)16-7-9-32-23(13-16)30-33(25(32)35)19-8-10-31(26(36)37)22(14-19)27(2,3)4/h7,9,11-13,18-19,22H,5-6,8,10,14H2,1-4H3,(H,29,34)(H,36,37). The number of amides is 2. The lowest BCUT2D eigenvalue weighted by atomic mass is 9.79. The van der Waals surface area contributed by atoms with E-state index in [1.165, 1.54) is 20.0 Å². The van der Waals surface area contributed by atoms with Crippen molar-refractivity contribution in [2.45, 2.75) is 71.5 Å². The van der Waals surface area contributed by atoms with E-state index in [0.29, 0.717) is 41.7 Å². The van der Waals surface area contributed by atoms with Gasteiger partial charge in [0.2, 0.25) is 0 Å². The number of piperidine rings is 1. The van der Waals surface area contributed by atoms with Crippen molar-refractivity contribution in [3.05, 3.63) is 57.9 Å². The highest BCUT2D eigenvalue weighted by Gasteiger charge is 2.40. The summed E-state index contributed by atoms with van der Waals surface area (Å²) >= 11 is 0. The zero-order valence-corrected chi connectivity index (χ0v) is 21.5. The molecule has 2 amide bonds. The molecular formula is C27H32FN5O4. The van der Waals surface area contributed by atoms with E-state index in [2.05, 4.69) is 10.4 Å². The number of likely N-dealkylation sites (tertiary alicyclic amines) is 1. The van der Waals surface area contributed by atoms with Crippen molar-refractivity contribution < 1.29 is 19.1 Å². The number of fused-ring (bicyclic) bond motifs is 1. The number of benzene rings is 1. The molecule has 196 valence electrons. The van der Waals surface area contributed by atoms with Crippen molar-refractivity contribution in [1.82, 2.24) is 24.4 Å². The molecule has 2 atom stereocenters. The van der Waals surface area contributed by atoms with E-state index in [-0.39, 0.29) is 40.7 Å². The van der Waals surface area contributed by atoms with Crippen LogP contribution in [-0.4, -0.2) is 54.8 Å². The van der Waals surface area contributed by atoms with Crippen LogP contribution in [0.25, 0.3) is 16.8 Å². The molecule has 2 N–H and O–H groups in total. The molecule has 0 spiro atoms. The Labute approximate surface area is 213 Å². The van der Waals surface area contributed by atoms with Gasteiger partial charge in [-0.05, 0) is 79.0 Å². The maximum absolute atomic E-state index is 14.8. The van der Waals surface area contributed by atoms with E-state index in [4.69, 9.17) is 0 Å². The molecule has 1 saturated carbocycles. The third-order valence-electron chi connectivity index (χ3n) is 7.54. The molecular weight excluding hydrogens is 477 g/mol. The summed E-state index contributed by atoms with van der Waals surface area (Å²) in [5.74, 6) is -0.773. The van der Waals surface area contributed by atoms with E-state index in [0.717, 1.165) is 12.8 Å². The van der Waals surface area contributed by atoms with Crippen molar-refractivity contribution in [3.63, 3.8) is 0 Å². The van der Waals surface area contributed by atoms with Gasteiger partial charge in [-0.2, -0.15) is 0 Å². The summed E-state index contributed by atoms with van der Waals surface area (Å²) in [4.78, 5) is 39.1. The highest BCUT2D eigenvalue weighted by atomic mass is 19.1. The minimum atomic E-state index is -0.957. The zero-order chi connectivity index (χ0) is 26.6. The number of halogens is 1. The number of nitrogens with zero attached hydrogens (tertiary/aromatic N) is 4. The third-order valence-corrected chi connectivity index (χ3v) is 7.54. The van der Waals surface area contributed by atoms with Crippen LogP contribution in [0, 0.1) is 18.2 Å². The smallest absolute Gasteiger partial charge is 0.407 e. The molecule has 2 fully saturated rings. The first-order valence-electron chi connectivity index (χ1n) is 12.7. The van der Waals surface area contributed by atoms with Gasteiger partial charge in [0.1, 0.15) is 5.82 Å². The number of carbonyl (C=O) groups is 2. The van der Waals surface area contributed by atoms with E-state index in [1.807, 2.05) is 20.8 Å². The first-order valence-corrected chi connectivity index (χ1v) is 12.7. The van der Waals surface area contributed by atoms with Crippen molar-refractivity contribution in [3.8, 4) is 11.1 Å². The molecule has 2 aromatic heterocycles. The van der Waals surface area contributed by atoms with Crippen molar-refractivity contribution in [2.75, 3.05) is 6.54 Å². The largest absolute Gasteiger partial charge is 0.465 e. The fraction of sp³-hybridized carbons (Fsp3) is 0.481. The Bertz CT molecular complexity index is 1450. The van der Waals surface area contributed by atoms with Crippen LogP contribution < -0.4 is 11.0 Å². The molecule has 1 saturated heterocycles. The minimum Gasteiger partial charge on any atom is -0.465 e. The molecule has 5 rings (SSSR count). The highest BCUT2D eigenvalue weighted by Crippen LogP contribution is 2.36. The number of nitrogens with one attached hydrogen (secondary N) is 1. The summed E-state index contributed by atoms with van der Waals surface area (Å²) in [6.07, 6.45) is 3.49. The number of aromatic nitrogens is 3. The third kappa shape index (κ3) is 4.72. The van der Waals surface area contributed by atoms with Gasteiger partial charge in [0.25, 0.3) is 5.91 Å².